The molecule has 0 unspecified atom stereocenters. The highest BCUT2D eigenvalue weighted by molar-refractivity contribution is 5.88. The van der Waals surface area contributed by atoms with E-state index in [1.54, 1.807) is 6.07 Å². The van der Waals surface area contributed by atoms with E-state index in [1.165, 1.54) is 23.0 Å². The van der Waals surface area contributed by atoms with Crippen molar-refractivity contribution in [1.29, 1.82) is 0 Å². The van der Waals surface area contributed by atoms with E-state index in [9.17, 15) is 14.7 Å². The van der Waals surface area contributed by atoms with Gasteiger partial charge in [0.05, 0.1) is 22.2 Å². The van der Waals surface area contributed by atoms with E-state index in [1.807, 2.05) is 25.1 Å². The number of anilines is 1. The molecule has 0 atom stereocenters. The minimum atomic E-state index is -1.03. The van der Waals surface area contributed by atoms with Crippen molar-refractivity contribution in [2.24, 2.45) is 0 Å². The molecule has 2 heterocycles. The number of fused-ring (bicyclic) bond motifs is 1. The lowest BCUT2D eigenvalue weighted by molar-refractivity contribution is 0.0697. The number of hydrogen-bond donors (Lipinski definition) is 2. The molecule has 0 bridgehead atoms. The van der Waals surface area contributed by atoms with Crippen LogP contribution < -0.4 is 15.8 Å². The van der Waals surface area contributed by atoms with Crippen molar-refractivity contribution in [2.45, 2.75) is 6.92 Å². The van der Waals surface area contributed by atoms with Gasteiger partial charge in [0.15, 0.2) is 0 Å². The number of carbonyl (C=O) groups is 1. The molecule has 27 heavy (non-hydrogen) atoms. The van der Waals surface area contributed by atoms with E-state index < -0.39 is 5.97 Å². The summed E-state index contributed by atoms with van der Waals surface area (Å²) >= 11 is 0. The summed E-state index contributed by atoms with van der Waals surface area (Å²) in [5.74, 6) is -1.03. The van der Waals surface area contributed by atoms with E-state index in [4.69, 9.17) is 0 Å². The molecule has 2 aromatic carbocycles. The number of nitrogens with zero attached hydrogens (tertiary/aromatic N) is 3. The van der Waals surface area contributed by atoms with Crippen molar-refractivity contribution in [3.05, 3.63) is 64.2 Å². The number of hydrogen-bond acceptors (Lipinski definition) is 5. The lowest BCUT2D eigenvalue weighted by atomic mass is 10.1. The van der Waals surface area contributed by atoms with Crippen LogP contribution in [0.4, 0.5) is 5.69 Å². The number of aryl methyl sites for hydroxylation is 1. The van der Waals surface area contributed by atoms with Gasteiger partial charge in [-0.15, -0.1) is 0 Å². The maximum Gasteiger partial charge on any atom is 0.335 e. The van der Waals surface area contributed by atoms with Crippen LogP contribution in [0.1, 0.15) is 15.9 Å². The van der Waals surface area contributed by atoms with Crippen LogP contribution in [0.3, 0.4) is 0 Å². The van der Waals surface area contributed by atoms with E-state index >= 15 is 0 Å². The average Bonchev–Trinajstić information content (AvgIpc) is 2.69. The van der Waals surface area contributed by atoms with Crippen LogP contribution in [0.5, 0.6) is 0 Å². The third-order valence-electron chi connectivity index (χ3n) is 4.94. The maximum absolute atomic E-state index is 13.1. The smallest absolute Gasteiger partial charge is 0.335 e. The summed E-state index contributed by atoms with van der Waals surface area (Å²) in [6, 6.07) is 10.5. The van der Waals surface area contributed by atoms with E-state index in [0.29, 0.717) is 16.6 Å². The Bertz CT molecular complexity index is 1080. The lowest BCUT2D eigenvalue weighted by Gasteiger charge is -2.29. The first kappa shape index (κ1) is 17.2. The Morgan fingerprint density at radius 2 is 1.93 bits per heavy atom. The highest BCUT2D eigenvalue weighted by atomic mass is 16.4. The Kier molecular flexibility index (Phi) is 4.37. The SMILES string of the molecule is Cc1ccc(C(=O)O)cc1-n1cnc2ccc(N3CCNCC3)cc2c1=O. The van der Waals surface area contributed by atoms with Crippen LogP contribution in [0, 0.1) is 6.92 Å². The van der Waals surface area contributed by atoms with Crippen molar-refractivity contribution in [3.8, 4) is 5.69 Å². The van der Waals surface area contributed by atoms with Crippen LogP contribution in [0.2, 0.25) is 0 Å². The molecule has 0 saturated carbocycles. The van der Waals surface area contributed by atoms with Crippen LogP contribution in [-0.4, -0.2) is 46.8 Å². The minimum absolute atomic E-state index is 0.136. The third kappa shape index (κ3) is 3.17. The predicted molar refractivity (Wildman–Crippen MR) is 104 cm³/mol. The van der Waals surface area contributed by atoms with Gasteiger partial charge in [0.1, 0.15) is 6.33 Å². The number of carboxylic acids is 1. The van der Waals surface area contributed by atoms with Crippen LogP contribution in [0.15, 0.2) is 47.5 Å². The number of piperazine rings is 1. The molecule has 4 rings (SSSR count). The molecule has 0 radical (unpaired) electrons. The van der Waals surface area contributed by atoms with Gasteiger partial charge in [-0.1, -0.05) is 6.07 Å². The Balaban J connectivity index is 1.85. The molecule has 1 aliphatic rings. The number of aromatic carboxylic acids is 1. The summed E-state index contributed by atoms with van der Waals surface area (Å²) in [6.07, 6.45) is 1.46. The Labute approximate surface area is 155 Å². The minimum Gasteiger partial charge on any atom is -0.478 e. The highest BCUT2D eigenvalue weighted by Crippen LogP contribution is 2.21. The van der Waals surface area contributed by atoms with E-state index in [-0.39, 0.29) is 11.1 Å². The van der Waals surface area contributed by atoms with Gasteiger partial charge in [0.2, 0.25) is 0 Å². The number of nitrogens with one attached hydrogen (secondary N) is 1. The molecule has 0 amide bonds. The van der Waals surface area contributed by atoms with Crippen molar-refractivity contribution >= 4 is 22.6 Å². The molecule has 7 heteroatoms. The fourth-order valence-electron chi connectivity index (χ4n) is 3.40. The van der Waals surface area contributed by atoms with Crippen molar-refractivity contribution in [3.63, 3.8) is 0 Å². The normalized spacial score (nSPS) is 14.5. The molecule has 1 aromatic heterocycles. The van der Waals surface area contributed by atoms with Gasteiger partial charge < -0.3 is 15.3 Å². The number of rotatable bonds is 3. The molecule has 7 nitrogen and oxygen atoms in total. The second kappa shape index (κ2) is 6.85. The molecule has 2 N–H and O–H groups in total. The second-order valence-electron chi connectivity index (χ2n) is 6.66. The summed E-state index contributed by atoms with van der Waals surface area (Å²) < 4.78 is 1.42. The van der Waals surface area contributed by atoms with Crippen molar-refractivity contribution in [2.75, 3.05) is 31.1 Å². The fourth-order valence-corrected chi connectivity index (χ4v) is 3.40. The van der Waals surface area contributed by atoms with Gasteiger partial charge in [-0.3, -0.25) is 9.36 Å². The number of carboxylic acid groups (broad SMARTS) is 1. The zero-order valence-corrected chi connectivity index (χ0v) is 15.0. The van der Waals surface area contributed by atoms with Gasteiger partial charge >= 0.3 is 5.97 Å². The topological polar surface area (TPSA) is 87.5 Å². The van der Waals surface area contributed by atoms with Crippen molar-refractivity contribution < 1.29 is 9.90 Å². The molecule has 1 saturated heterocycles. The standard InChI is InChI=1S/C20H20N4O3/c1-13-2-3-14(20(26)27)10-18(13)24-12-22-17-5-4-15(11-16(17)19(24)25)23-8-6-21-7-9-23/h2-5,10-12,21H,6-9H2,1H3,(H,26,27). The first-order valence-electron chi connectivity index (χ1n) is 8.86. The largest absolute Gasteiger partial charge is 0.478 e. The Hall–Kier alpha value is -3.19. The predicted octanol–water partition coefficient (Wildman–Crippen LogP) is 1.80. The second-order valence-corrected chi connectivity index (χ2v) is 6.66. The quantitative estimate of drug-likeness (QED) is 0.737. The van der Waals surface area contributed by atoms with Crippen LogP contribution >= 0.6 is 0 Å². The molecular formula is C20H20N4O3. The highest BCUT2D eigenvalue weighted by Gasteiger charge is 2.14. The maximum atomic E-state index is 13.1. The number of aromatic nitrogens is 2. The summed E-state index contributed by atoms with van der Waals surface area (Å²) in [5.41, 5.74) is 2.89. The van der Waals surface area contributed by atoms with Crippen molar-refractivity contribution in [1.82, 2.24) is 14.9 Å². The Morgan fingerprint density at radius 3 is 2.67 bits per heavy atom. The van der Waals surface area contributed by atoms with E-state index in [0.717, 1.165) is 37.4 Å². The molecular weight excluding hydrogens is 344 g/mol. The third-order valence-corrected chi connectivity index (χ3v) is 4.94. The van der Waals surface area contributed by atoms with E-state index in [2.05, 4.69) is 15.2 Å². The summed E-state index contributed by atoms with van der Waals surface area (Å²) in [7, 11) is 0. The average molecular weight is 364 g/mol. The Morgan fingerprint density at radius 1 is 1.15 bits per heavy atom. The molecule has 138 valence electrons. The number of benzene rings is 2. The van der Waals surface area contributed by atoms with Gasteiger partial charge in [0.25, 0.3) is 5.56 Å². The van der Waals surface area contributed by atoms with Gasteiger partial charge in [-0.25, -0.2) is 9.78 Å². The van der Waals surface area contributed by atoms with Crippen LogP contribution in [-0.2, 0) is 0 Å². The zero-order valence-electron chi connectivity index (χ0n) is 15.0. The molecule has 1 aliphatic heterocycles. The molecule has 0 spiro atoms. The first-order chi connectivity index (χ1) is 13.0. The summed E-state index contributed by atoms with van der Waals surface area (Å²) in [4.78, 5) is 31.1. The lowest BCUT2D eigenvalue weighted by Crippen LogP contribution is -2.43. The van der Waals surface area contributed by atoms with Gasteiger partial charge in [0, 0.05) is 31.9 Å². The zero-order chi connectivity index (χ0) is 19.0. The van der Waals surface area contributed by atoms with Crippen LogP contribution in [0.25, 0.3) is 16.6 Å². The molecule has 0 aliphatic carbocycles. The molecule has 1 fully saturated rings. The van der Waals surface area contributed by atoms with Gasteiger partial charge in [-0.05, 0) is 42.8 Å². The monoisotopic (exact) mass is 364 g/mol. The first-order valence-corrected chi connectivity index (χ1v) is 8.86. The summed E-state index contributed by atoms with van der Waals surface area (Å²) in [6.45, 7) is 5.45. The van der Waals surface area contributed by atoms with Gasteiger partial charge in [-0.2, -0.15) is 0 Å². The summed E-state index contributed by atoms with van der Waals surface area (Å²) in [5, 5.41) is 13.1. The fraction of sp³-hybridized carbons (Fsp3) is 0.250. The molecule has 3 aromatic rings.